The summed E-state index contributed by atoms with van der Waals surface area (Å²) in [6, 6.07) is 4.62. The second-order valence-corrected chi connectivity index (χ2v) is 4.35. The van der Waals surface area contributed by atoms with Crippen LogP contribution in [0.3, 0.4) is 0 Å². The minimum atomic E-state index is -2.93. The SMILES string of the molecule is Cn1cc(NC(=O)Nc2ccc(OC(F)F)cc2)nc1C(=O)O. The van der Waals surface area contributed by atoms with Crippen LogP contribution in [-0.2, 0) is 7.05 Å². The summed E-state index contributed by atoms with van der Waals surface area (Å²) in [4.78, 5) is 26.3. The molecule has 0 atom stereocenters. The maximum absolute atomic E-state index is 12.0. The molecule has 8 nitrogen and oxygen atoms in total. The summed E-state index contributed by atoms with van der Waals surface area (Å²) >= 11 is 0. The smallest absolute Gasteiger partial charge is 0.387 e. The molecule has 2 aromatic rings. The third-order valence-electron chi connectivity index (χ3n) is 2.65. The summed E-state index contributed by atoms with van der Waals surface area (Å²) in [6.07, 6.45) is 1.34. The lowest BCUT2D eigenvalue weighted by Gasteiger charge is -2.07. The number of carbonyl (C=O) groups is 2. The zero-order valence-corrected chi connectivity index (χ0v) is 11.8. The molecule has 0 saturated carbocycles. The molecule has 1 aromatic heterocycles. The Bertz CT molecular complexity index is 715. The largest absolute Gasteiger partial charge is 0.475 e. The van der Waals surface area contributed by atoms with Gasteiger partial charge in [0.15, 0.2) is 5.82 Å². The van der Waals surface area contributed by atoms with Crippen LogP contribution in [-0.4, -0.2) is 33.3 Å². The first-order valence-corrected chi connectivity index (χ1v) is 6.24. The van der Waals surface area contributed by atoms with E-state index in [1.54, 1.807) is 0 Å². The minimum Gasteiger partial charge on any atom is -0.475 e. The number of alkyl halides is 2. The van der Waals surface area contributed by atoms with Crippen molar-refractivity contribution in [1.29, 1.82) is 0 Å². The number of rotatable bonds is 5. The number of carboxylic acid groups (broad SMARTS) is 1. The van der Waals surface area contributed by atoms with Crippen LogP contribution in [0, 0.1) is 0 Å². The lowest BCUT2D eigenvalue weighted by Crippen LogP contribution is -2.19. The summed E-state index contributed by atoms with van der Waals surface area (Å²) in [6.45, 7) is -2.93. The number of aromatic nitrogens is 2. The number of benzene rings is 1. The van der Waals surface area contributed by atoms with Crippen LogP contribution < -0.4 is 15.4 Å². The van der Waals surface area contributed by atoms with Crippen LogP contribution in [0.25, 0.3) is 0 Å². The molecule has 3 N–H and O–H groups in total. The maximum Gasteiger partial charge on any atom is 0.387 e. The van der Waals surface area contributed by atoms with Crippen molar-refractivity contribution in [3.8, 4) is 5.75 Å². The molecule has 0 fully saturated rings. The molecule has 2 amide bonds. The highest BCUT2D eigenvalue weighted by Gasteiger charge is 2.13. The van der Waals surface area contributed by atoms with Crippen molar-refractivity contribution in [2.45, 2.75) is 6.61 Å². The van der Waals surface area contributed by atoms with E-state index in [0.717, 1.165) is 0 Å². The molecule has 0 aliphatic carbocycles. The fourth-order valence-corrected chi connectivity index (χ4v) is 1.72. The number of aromatic carboxylic acids is 1. The standard InChI is InChI=1S/C13H12F2N4O4/c1-19-6-9(17-10(19)11(20)21)18-13(22)16-7-2-4-8(5-3-7)23-12(14)15/h2-6,12H,1H3,(H,20,21)(H2,16,18,22). The third-order valence-corrected chi connectivity index (χ3v) is 2.65. The van der Waals surface area contributed by atoms with Gasteiger partial charge in [-0.05, 0) is 24.3 Å². The van der Waals surface area contributed by atoms with Gasteiger partial charge >= 0.3 is 18.6 Å². The first-order valence-electron chi connectivity index (χ1n) is 6.24. The Hall–Kier alpha value is -3.17. The highest BCUT2D eigenvalue weighted by atomic mass is 19.3. The summed E-state index contributed by atoms with van der Waals surface area (Å²) in [5.41, 5.74) is 0.332. The molecule has 0 aliphatic rings. The summed E-state index contributed by atoms with van der Waals surface area (Å²) in [7, 11) is 1.47. The zero-order valence-electron chi connectivity index (χ0n) is 11.8. The van der Waals surface area contributed by atoms with Crippen LogP contribution in [0.15, 0.2) is 30.5 Å². The lowest BCUT2D eigenvalue weighted by atomic mass is 10.3. The Balaban J connectivity index is 1.96. The highest BCUT2D eigenvalue weighted by Crippen LogP contribution is 2.18. The van der Waals surface area contributed by atoms with E-state index in [1.165, 1.54) is 42.1 Å². The molecule has 1 aromatic carbocycles. The van der Waals surface area contributed by atoms with Crippen LogP contribution >= 0.6 is 0 Å². The van der Waals surface area contributed by atoms with Crippen molar-refractivity contribution in [3.63, 3.8) is 0 Å². The number of imidazole rings is 1. The fraction of sp³-hybridized carbons (Fsp3) is 0.154. The molecule has 0 bridgehead atoms. The Morgan fingerprint density at radius 2 is 1.91 bits per heavy atom. The van der Waals surface area contributed by atoms with Gasteiger partial charge in [-0.25, -0.2) is 14.6 Å². The predicted octanol–water partition coefficient (Wildman–Crippen LogP) is 2.36. The third kappa shape index (κ3) is 4.40. The molecule has 0 radical (unpaired) electrons. The quantitative estimate of drug-likeness (QED) is 0.782. The maximum atomic E-state index is 12.0. The molecule has 122 valence electrons. The van der Waals surface area contributed by atoms with Crippen molar-refractivity contribution in [3.05, 3.63) is 36.3 Å². The van der Waals surface area contributed by atoms with Gasteiger partial charge in [-0.2, -0.15) is 8.78 Å². The number of carboxylic acids is 1. The second-order valence-electron chi connectivity index (χ2n) is 4.35. The highest BCUT2D eigenvalue weighted by molar-refractivity contribution is 5.99. The zero-order chi connectivity index (χ0) is 17.0. The van der Waals surface area contributed by atoms with E-state index in [4.69, 9.17) is 5.11 Å². The first-order chi connectivity index (χ1) is 10.8. The van der Waals surface area contributed by atoms with Gasteiger partial charge in [0.05, 0.1) is 0 Å². The average molecular weight is 326 g/mol. The molecular formula is C13H12F2N4O4. The molecule has 23 heavy (non-hydrogen) atoms. The van der Waals surface area contributed by atoms with Crippen molar-refractivity contribution in [1.82, 2.24) is 9.55 Å². The van der Waals surface area contributed by atoms with Crippen molar-refractivity contribution >= 4 is 23.5 Å². The van der Waals surface area contributed by atoms with Crippen molar-refractivity contribution in [2.75, 3.05) is 10.6 Å². The Morgan fingerprint density at radius 3 is 2.43 bits per heavy atom. The number of anilines is 2. The van der Waals surface area contributed by atoms with E-state index in [0.29, 0.717) is 5.69 Å². The molecule has 0 aliphatic heterocycles. The molecule has 10 heteroatoms. The number of halogens is 2. The van der Waals surface area contributed by atoms with Crippen LogP contribution in [0.5, 0.6) is 5.75 Å². The number of amides is 2. The lowest BCUT2D eigenvalue weighted by molar-refractivity contribution is -0.0498. The van der Waals surface area contributed by atoms with Crippen LogP contribution in [0.1, 0.15) is 10.6 Å². The Labute approximate surface area is 128 Å². The van der Waals surface area contributed by atoms with E-state index >= 15 is 0 Å². The van der Waals surface area contributed by atoms with Crippen molar-refractivity contribution < 1.29 is 28.2 Å². The van der Waals surface area contributed by atoms with Gasteiger partial charge in [-0.1, -0.05) is 0 Å². The number of hydrogen-bond acceptors (Lipinski definition) is 4. The summed E-state index contributed by atoms with van der Waals surface area (Å²) in [5.74, 6) is -1.44. The van der Waals surface area contributed by atoms with Crippen molar-refractivity contribution in [2.24, 2.45) is 7.05 Å². The number of nitrogens with zero attached hydrogens (tertiary/aromatic N) is 2. The first kappa shape index (κ1) is 16.2. The average Bonchev–Trinajstić information content (AvgIpc) is 2.81. The van der Waals surface area contributed by atoms with E-state index < -0.39 is 18.6 Å². The number of carbonyl (C=O) groups excluding carboxylic acids is 1. The van der Waals surface area contributed by atoms with E-state index in [9.17, 15) is 18.4 Å². The molecule has 0 spiro atoms. The molecule has 1 heterocycles. The van der Waals surface area contributed by atoms with E-state index in [1.807, 2.05) is 0 Å². The van der Waals surface area contributed by atoms with Gasteiger partial charge in [-0.15, -0.1) is 0 Å². The number of ether oxygens (including phenoxy) is 1. The van der Waals surface area contributed by atoms with Gasteiger partial charge in [0, 0.05) is 18.9 Å². The van der Waals surface area contributed by atoms with Gasteiger partial charge in [0.2, 0.25) is 5.82 Å². The summed E-state index contributed by atoms with van der Waals surface area (Å²) < 4.78 is 29.4. The van der Waals surface area contributed by atoms with Crippen LogP contribution in [0.4, 0.5) is 25.1 Å². The minimum absolute atomic E-state index is 0.0400. The van der Waals surface area contributed by atoms with Crippen LogP contribution in [0.2, 0.25) is 0 Å². The van der Waals surface area contributed by atoms with Gasteiger partial charge in [0.25, 0.3) is 0 Å². The van der Waals surface area contributed by atoms with E-state index in [2.05, 4.69) is 20.4 Å². The van der Waals surface area contributed by atoms with E-state index in [-0.39, 0.29) is 17.4 Å². The normalized spacial score (nSPS) is 10.4. The molecule has 2 rings (SSSR count). The molecule has 0 saturated heterocycles. The number of urea groups is 1. The monoisotopic (exact) mass is 326 g/mol. The molecular weight excluding hydrogens is 314 g/mol. The van der Waals surface area contributed by atoms with Gasteiger partial charge in [0.1, 0.15) is 5.75 Å². The number of aryl methyl sites for hydroxylation is 1. The predicted molar refractivity (Wildman–Crippen MR) is 75.9 cm³/mol. The van der Waals surface area contributed by atoms with Gasteiger partial charge < -0.3 is 19.7 Å². The fourth-order valence-electron chi connectivity index (χ4n) is 1.72. The topological polar surface area (TPSA) is 105 Å². The molecule has 0 unspecified atom stereocenters. The number of hydrogen-bond donors (Lipinski definition) is 3. The second kappa shape index (κ2) is 6.73. The number of nitrogens with one attached hydrogen (secondary N) is 2. The summed E-state index contributed by atoms with van der Waals surface area (Å²) in [5, 5.41) is 13.7. The Kier molecular flexibility index (Phi) is 4.74. The Morgan fingerprint density at radius 1 is 1.26 bits per heavy atom. The van der Waals surface area contributed by atoms with Gasteiger partial charge in [-0.3, -0.25) is 5.32 Å².